The number of rotatable bonds is 6. The summed E-state index contributed by atoms with van der Waals surface area (Å²) in [6, 6.07) is 0. The molecule has 134 valence electrons. The second-order valence-electron chi connectivity index (χ2n) is 7.87. The predicted molar refractivity (Wildman–Crippen MR) is 97.0 cm³/mol. The number of piperidine rings is 1. The first-order valence-corrected chi connectivity index (χ1v) is 9.31. The van der Waals surface area contributed by atoms with Gasteiger partial charge in [-0.05, 0) is 51.0 Å². The average Bonchev–Trinajstić information content (AvgIpc) is 2.94. The molecule has 0 radical (unpaired) electrons. The van der Waals surface area contributed by atoms with Gasteiger partial charge in [0.05, 0.1) is 5.60 Å². The highest BCUT2D eigenvalue weighted by atomic mass is 16.5. The Morgan fingerprint density at radius 3 is 2.83 bits per heavy atom. The lowest BCUT2D eigenvalue weighted by molar-refractivity contribution is 0.0242. The SMILES string of the molecule is CN=C(NCC1CCCN(CC(C)C)C1)NCC1(C)CCCO1. The highest BCUT2D eigenvalue weighted by molar-refractivity contribution is 5.79. The van der Waals surface area contributed by atoms with Crippen molar-refractivity contribution in [3.05, 3.63) is 0 Å². The van der Waals surface area contributed by atoms with E-state index in [1.165, 1.54) is 32.5 Å². The maximum absolute atomic E-state index is 5.83. The van der Waals surface area contributed by atoms with Crippen LogP contribution < -0.4 is 10.6 Å². The summed E-state index contributed by atoms with van der Waals surface area (Å²) in [5, 5.41) is 6.95. The van der Waals surface area contributed by atoms with Crippen molar-refractivity contribution in [3.8, 4) is 0 Å². The summed E-state index contributed by atoms with van der Waals surface area (Å²) in [4.78, 5) is 6.97. The monoisotopic (exact) mass is 324 g/mol. The number of ether oxygens (including phenoxy) is 1. The lowest BCUT2D eigenvalue weighted by Crippen LogP contribution is -2.48. The van der Waals surface area contributed by atoms with E-state index in [1.807, 2.05) is 7.05 Å². The van der Waals surface area contributed by atoms with Crippen LogP contribution in [0.2, 0.25) is 0 Å². The first-order valence-electron chi connectivity index (χ1n) is 9.31. The third kappa shape index (κ3) is 6.30. The molecule has 0 bridgehead atoms. The quantitative estimate of drug-likeness (QED) is 0.580. The van der Waals surface area contributed by atoms with Crippen molar-refractivity contribution in [2.24, 2.45) is 16.8 Å². The molecular weight excluding hydrogens is 288 g/mol. The maximum atomic E-state index is 5.83. The summed E-state index contributed by atoms with van der Waals surface area (Å²) in [7, 11) is 1.85. The van der Waals surface area contributed by atoms with Gasteiger partial charge in [0.15, 0.2) is 5.96 Å². The van der Waals surface area contributed by atoms with E-state index < -0.39 is 0 Å². The molecule has 2 fully saturated rings. The van der Waals surface area contributed by atoms with Gasteiger partial charge in [0.1, 0.15) is 0 Å². The third-order valence-corrected chi connectivity index (χ3v) is 4.94. The highest BCUT2D eigenvalue weighted by Crippen LogP contribution is 2.23. The third-order valence-electron chi connectivity index (χ3n) is 4.94. The van der Waals surface area contributed by atoms with Crippen LogP contribution in [0.25, 0.3) is 0 Å². The molecule has 2 unspecified atom stereocenters. The molecule has 0 spiro atoms. The summed E-state index contributed by atoms with van der Waals surface area (Å²) in [6.07, 6.45) is 4.93. The minimum absolute atomic E-state index is 0.0312. The number of guanidine groups is 1. The van der Waals surface area contributed by atoms with Crippen molar-refractivity contribution < 1.29 is 4.74 Å². The molecule has 0 aromatic heterocycles. The van der Waals surface area contributed by atoms with Crippen molar-refractivity contribution >= 4 is 5.96 Å². The van der Waals surface area contributed by atoms with Gasteiger partial charge in [0.25, 0.3) is 0 Å². The van der Waals surface area contributed by atoms with Crippen LogP contribution in [-0.2, 0) is 4.74 Å². The molecule has 5 heteroatoms. The zero-order valence-electron chi connectivity index (χ0n) is 15.5. The fourth-order valence-corrected chi connectivity index (χ4v) is 3.71. The highest BCUT2D eigenvalue weighted by Gasteiger charge is 2.29. The second kappa shape index (κ2) is 8.88. The summed E-state index contributed by atoms with van der Waals surface area (Å²) in [5.74, 6) is 2.38. The van der Waals surface area contributed by atoms with E-state index in [9.17, 15) is 0 Å². The van der Waals surface area contributed by atoms with Crippen molar-refractivity contribution in [3.63, 3.8) is 0 Å². The van der Waals surface area contributed by atoms with Gasteiger partial charge in [-0.2, -0.15) is 0 Å². The van der Waals surface area contributed by atoms with Crippen molar-refractivity contribution in [2.75, 3.05) is 46.4 Å². The molecule has 0 aromatic carbocycles. The van der Waals surface area contributed by atoms with E-state index in [0.29, 0.717) is 0 Å². The van der Waals surface area contributed by atoms with Crippen molar-refractivity contribution in [1.29, 1.82) is 0 Å². The zero-order valence-corrected chi connectivity index (χ0v) is 15.5. The van der Waals surface area contributed by atoms with Gasteiger partial charge >= 0.3 is 0 Å². The standard InChI is InChI=1S/C18H36N4O/c1-15(2)12-22-9-5-7-16(13-22)11-20-17(19-4)21-14-18(3)8-6-10-23-18/h15-16H,5-14H2,1-4H3,(H2,19,20,21). The lowest BCUT2D eigenvalue weighted by Gasteiger charge is -2.34. The Hall–Kier alpha value is -0.810. The summed E-state index contributed by atoms with van der Waals surface area (Å²) in [5.41, 5.74) is -0.0312. The Bertz CT molecular complexity index is 377. The van der Waals surface area contributed by atoms with Crippen LogP contribution in [0.3, 0.4) is 0 Å². The molecule has 2 saturated heterocycles. The molecule has 23 heavy (non-hydrogen) atoms. The molecular formula is C18H36N4O. The van der Waals surface area contributed by atoms with Crippen LogP contribution in [-0.4, -0.2) is 62.8 Å². The molecule has 0 saturated carbocycles. The Kier molecular flexibility index (Phi) is 7.15. The molecule has 2 heterocycles. The van der Waals surface area contributed by atoms with Gasteiger partial charge < -0.3 is 20.3 Å². The number of likely N-dealkylation sites (tertiary alicyclic amines) is 1. The van der Waals surface area contributed by atoms with E-state index in [4.69, 9.17) is 4.74 Å². The van der Waals surface area contributed by atoms with E-state index in [2.05, 4.69) is 41.3 Å². The van der Waals surface area contributed by atoms with E-state index >= 15 is 0 Å². The first-order chi connectivity index (χ1) is 11.0. The van der Waals surface area contributed by atoms with Crippen molar-refractivity contribution in [2.45, 2.75) is 52.1 Å². The smallest absolute Gasteiger partial charge is 0.191 e. The number of hydrogen-bond acceptors (Lipinski definition) is 3. The van der Waals surface area contributed by atoms with Crippen LogP contribution in [0.15, 0.2) is 4.99 Å². The van der Waals surface area contributed by atoms with Gasteiger partial charge in [-0.3, -0.25) is 4.99 Å². The summed E-state index contributed by atoms with van der Waals surface area (Å²) in [6.45, 7) is 13.2. The second-order valence-corrected chi connectivity index (χ2v) is 7.87. The normalized spacial score (nSPS) is 30.0. The lowest BCUT2D eigenvalue weighted by atomic mass is 9.97. The molecule has 2 aliphatic rings. The van der Waals surface area contributed by atoms with E-state index in [-0.39, 0.29) is 5.60 Å². The molecule has 0 amide bonds. The Balaban J connectivity index is 1.70. The molecule has 5 nitrogen and oxygen atoms in total. The van der Waals surface area contributed by atoms with Crippen molar-refractivity contribution in [1.82, 2.24) is 15.5 Å². The number of nitrogens with one attached hydrogen (secondary N) is 2. The van der Waals surface area contributed by atoms with E-state index in [1.54, 1.807) is 0 Å². The fraction of sp³-hybridized carbons (Fsp3) is 0.944. The topological polar surface area (TPSA) is 48.9 Å². The Morgan fingerprint density at radius 2 is 2.17 bits per heavy atom. The zero-order chi connectivity index (χ0) is 16.7. The van der Waals surface area contributed by atoms with E-state index in [0.717, 1.165) is 50.3 Å². The van der Waals surface area contributed by atoms with Crippen LogP contribution >= 0.6 is 0 Å². The van der Waals surface area contributed by atoms with Crippen LogP contribution in [0, 0.1) is 11.8 Å². The molecule has 0 aromatic rings. The van der Waals surface area contributed by atoms with Gasteiger partial charge in [-0.1, -0.05) is 13.8 Å². The van der Waals surface area contributed by atoms with Gasteiger partial charge in [0.2, 0.25) is 0 Å². The Morgan fingerprint density at radius 1 is 1.35 bits per heavy atom. The molecule has 0 aliphatic carbocycles. The van der Waals surface area contributed by atoms with Gasteiger partial charge in [-0.25, -0.2) is 0 Å². The maximum Gasteiger partial charge on any atom is 0.191 e. The molecule has 2 rings (SSSR count). The first kappa shape index (κ1) is 18.5. The summed E-state index contributed by atoms with van der Waals surface area (Å²) < 4.78 is 5.83. The number of aliphatic imine (C=N–C) groups is 1. The van der Waals surface area contributed by atoms with Gasteiger partial charge in [-0.15, -0.1) is 0 Å². The fourth-order valence-electron chi connectivity index (χ4n) is 3.71. The summed E-state index contributed by atoms with van der Waals surface area (Å²) >= 11 is 0. The molecule has 2 N–H and O–H groups in total. The minimum atomic E-state index is -0.0312. The van der Waals surface area contributed by atoms with Crippen LogP contribution in [0.1, 0.15) is 46.5 Å². The average molecular weight is 325 g/mol. The largest absolute Gasteiger partial charge is 0.373 e. The Labute approximate surface area is 142 Å². The van der Waals surface area contributed by atoms with Crippen LogP contribution in [0.5, 0.6) is 0 Å². The van der Waals surface area contributed by atoms with Crippen LogP contribution in [0.4, 0.5) is 0 Å². The predicted octanol–water partition coefficient (Wildman–Crippen LogP) is 2.09. The minimum Gasteiger partial charge on any atom is -0.373 e. The van der Waals surface area contributed by atoms with Gasteiger partial charge in [0, 0.05) is 39.8 Å². The molecule has 2 aliphatic heterocycles. The number of hydrogen-bond donors (Lipinski definition) is 2. The molecule has 2 atom stereocenters. The number of nitrogens with zero attached hydrogens (tertiary/aromatic N) is 2.